The van der Waals surface area contributed by atoms with Gasteiger partial charge in [0.1, 0.15) is 0 Å². The number of rotatable bonds is 7. The quantitative estimate of drug-likeness (QED) is 0.418. The van der Waals surface area contributed by atoms with E-state index in [0.717, 1.165) is 38.8 Å². The van der Waals surface area contributed by atoms with Crippen LogP contribution in [-0.2, 0) is 0 Å². The first-order valence-electron chi connectivity index (χ1n) is 7.08. The normalized spacial score (nSPS) is 16.2. The van der Waals surface area contributed by atoms with Crippen LogP contribution >= 0.6 is 0 Å². The molecule has 1 aliphatic rings. The van der Waals surface area contributed by atoms with Gasteiger partial charge in [-0.3, -0.25) is 5.43 Å². The Bertz CT molecular complexity index is 422. The molecule has 1 saturated heterocycles. The summed E-state index contributed by atoms with van der Waals surface area (Å²) in [5.74, 6) is 6.94. The van der Waals surface area contributed by atoms with Crippen LogP contribution in [0.5, 0.6) is 0 Å². The molecule has 112 valence electrons. The fraction of sp³-hybridized carbons (Fsp3) is 0.750. The number of nitrogens with zero attached hydrogens (tertiary/aromatic N) is 4. The Hall–Kier alpha value is -1.67. The number of hydrogen-bond donors (Lipinski definition) is 4. The van der Waals surface area contributed by atoms with E-state index in [1.807, 2.05) is 6.92 Å². The Kier molecular flexibility index (Phi) is 5.31. The molecular weight excluding hydrogens is 258 g/mol. The molecule has 1 atom stereocenters. The minimum absolute atomic E-state index is 0.182. The van der Waals surface area contributed by atoms with Crippen molar-refractivity contribution in [2.24, 2.45) is 5.84 Å². The van der Waals surface area contributed by atoms with Crippen molar-refractivity contribution in [3.8, 4) is 0 Å². The number of aliphatic hydroxyl groups is 1. The number of aromatic nitrogens is 3. The highest BCUT2D eigenvalue weighted by Gasteiger charge is 2.17. The molecule has 8 nitrogen and oxygen atoms in total. The first kappa shape index (κ1) is 14.7. The topological polar surface area (TPSA) is 112 Å². The van der Waals surface area contributed by atoms with Crippen molar-refractivity contribution in [1.82, 2.24) is 15.0 Å². The summed E-state index contributed by atoms with van der Waals surface area (Å²) < 4.78 is 0. The SMILES string of the molecule is CC(CCCO)Nc1nc(NN)nc(N2CCCC2)n1. The van der Waals surface area contributed by atoms with Gasteiger partial charge in [0.2, 0.25) is 17.8 Å². The van der Waals surface area contributed by atoms with Crippen LogP contribution in [0.3, 0.4) is 0 Å². The van der Waals surface area contributed by atoms with Gasteiger partial charge in [0.05, 0.1) is 0 Å². The molecule has 20 heavy (non-hydrogen) atoms. The summed E-state index contributed by atoms with van der Waals surface area (Å²) in [6.07, 6.45) is 3.92. The summed E-state index contributed by atoms with van der Waals surface area (Å²) in [7, 11) is 0. The van der Waals surface area contributed by atoms with E-state index >= 15 is 0 Å². The van der Waals surface area contributed by atoms with E-state index in [4.69, 9.17) is 10.9 Å². The summed E-state index contributed by atoms with van der Waals surface area (Å²) in [6, 6.07) is 0.182. The molecule has 1 aromatic heterocycles. The summed E-state index contributed by atoms with van der Waals surface area (Å²) in [6.45, 7) is 4.16. The van der Waals surface area contributed by atoms with Crippen LogP contribution in [0.25, 0.3) is 0 Å². The molecule has 0 saturated carbocycles. The molecule has 8 heteroatoms. The second-order valence-corrected chi connectivity index (χ2v) is 5.03. The molecule has 0 aliphatic carbocycles. The van der Waals surface area contributed by atoms with Crippen LogP contribution in [0.4, 0.5) is 17.8 Å². The summed E-state index contributed by atoms with van der Waals surface area (Å²) >= 11 is 0. The standard InChI is InChI=1S/C12H23N7O/c1-9(5-4-8-20)14-10-15-11(18-13)17-12(16-10)19-6-2-3-7-19/h9,20H,2-8,13H2,1H3,(H2,14,15,16,17,18). The third kappa shape index (κ3) is 3.91. The molecule has 1 unspecified atom stereocenters. The molecule has 1 aliphatic heterocycles. The summed E-state index contributed by atoms with van der Waals surface area (Å²) in [5, 5.41) is 12.1. The Labute approximate surface area is 118 Å². The van der Waals surface area contributed by atoms with Gasteiger partial charge in [0.15, 0.2) is 0 Å². The molecule has 1 fully saturated rings. The van der Waals surface area contributed by atoms with E-state index < -0.39 is 0 Å². The smallest absolute Gasteiger partial charge is 0.243 e. The third-order valence-corrected chi connectivity index (χ3v) is 3.31. The van der Waals surface area contributed by atoms with E-state index in [2.05, 4.69) is 30.6 Å². The van der Waals surface area contributed by atoms with Crippen molar-refractivity contribution in [3.05, 3.63) is 0 Å². The molecule has 1 aromatic rings. The van der Waals surface area contributed by atoms with Crippen molar-refractivity contribution < 1.29 is 5.11 Å². The van der Waals surface area contributed by atoms with Gasteiger partial charge < -0.3 is 15.3 Å². The molecule has 0 radical (unpaired) electrons. The van der Waals surface area contributed by atoms with E-state index in [-0.39, 0.29) is 12.6 Å². The van der Waals surface area contributed by atoms with Crippen LogP contribution < -0.4 is 21.5 Å². The van der Waals surface area contributed by atoms with Gasteiger partial charge in [-0.15, -0.1) is 0 Å². The Balaban J connectivity index is 2.08. The van der Waals surface area contributed by atoms with Crippen LogP contribution in [-0.4, -0.2) is 45.8 Å². The van der Waals surface area contributed by atoms with Crippen molar-refractivity contribution in [3.63, 3.8) is 0 Å². The van der Waals surface area contributed by atoms with Gasteiger partial charge in [0.25, 0.3) is 0 Å². The predicted octanol–water partition coefficient (Wildman–Crippen LogP) is 0.330. The maximum absolute atomic E-state index is 8.85. The highest BCUT2D eigenvalue weighted by atomic mass is 16.2. The average molecular weight is 281 g/mol. The van der Waals surface area contributed by atoms with Gasteiger partial charge in [-0.25, -0.2) is 5.84 Å². The van der Waals surface area contributed by atoms with Crippen molar-refractivity contribution in [1.29, 1.82) is 0 Å². The number of nitrogens with two attached hydrogens (primary N) is 1. The van der Waals surface area contributed by atoms with E-state index in [1.54, 1.807) is 0 Å². The summed E-state index contributed by atoms with van der Waals surface area (Å²) in [5.41, 5.74) is 2.48. The zero-order chi connectivity index (χ0) is 14.4. The van der Waals surface area contributed by atoms with Gasteiger partial charge in [0, 0.05) is 25.7 Å². The molecule has 5 N–H and O–H groups in total. The van der Waals surface area contributed by atoms with Crippen LogP contribution in [0.1, 0.15) is 32.6 Å². The monoisotopic (exact) mass is 281 g/mol. The second-order valence-electron chi connectivity index (χ2n) is 5.03. The van der Waals surface area contributed by atoms with Gasteiger partial charge >= 0.3 is 0 Å². The Morgan fingerprint density at radius 1 is 1.25 bits per heavy atom. The van der Waals surface area contributed by atoms with Crippen LogP contribution in [0.15, 0.2) is 0 Å². The molecule has 2 rings (SSSR count). The maximum atomic E-state index is 8.85. The first-order chi connectivity index (χ1) is 9.72. The first-order valence-corrected chi connectivity index (χ1v) is 7.08. The molecule has 0 amide bonds. The molecule has 0 spiro atoms. The lowest BCUT2D eigenvalue weighted by atomic mass is 10.2. The molecule has 0 bridgehead atoms. The largest absolute Gasteiger partial charge is 0.396 e. The molecule has 0 aromatic carbocycles. The van der Waals surface area contributed by atoms with E-state index in [9.17, 15) is 0 Å². The minimum atomic E-state index is 0.182. The number of aliphatic hydroxyl groups excluding tert-OH is 1. The maximum Gasteiger partial charge on any atom is 0.243 e. The van der Waals surface area contributed by atoms with Crippen molar-refractivity contribution >= 4 is 17.8 Å². The molecule has 2 heterocycles. The second kappa shape index (κ2) is 7.20. The Morgan fingerprint density at radius 2 is 1.95 bits per heavy atom. The lowest BCUT2D eigenvalue weighted by Crippen LogP contribution is -2.25. The van der Waals surface area contributed by atoms with Gasteiger partial charge in [-0.2, -0.15) is 15.0 Å². The summed E-state index contributed by atoms with van der Waals surface area (Å²) in [4.78, 5) is 15.1. The number of hydrogen-bond acceptors (Lipinski definition) is 8. The Morgan fingerprint density at radius 3 is 2.60 bits per heavy atom. The van der Waals surface area contributed by atoms with E-state index in [1.165, 1.54) is 0 Å². The highest BCUT2D eigenvalue weighted by Crippen LogP contribution is 2.18. The van der Waals surface area contributed by atoms with Gasteiger partial charge in [-0.05, 0) is 32.6 Å². The fourth-order valence-corrected chi connectivity index (χ4v) is 2.24. The van der Waals surface area contributed by atoms with Crippen molar-refractivity contribution in [2.45, 2.75) is 38.6 Å². The number of nitrogens with one attached hydrogen (secondary N) is 2. The van der Waals surface area contributed by atoms with Gasteiger partial charge in [-0.1, -0.05) is 0 Å². The lowest BCUT2D eigenvalue weighted by Gasteiger charge is -2.18. The third-order valence-electron chi connectivity index (χ3n) is 3.31. The highest BCUT2D eigenvalue weighted by molar-refractivity contribution is 5.44. The fourth-order valence-electron chi connectivity index (χ4n) is 2.24. The minimum Gasteiger partial charge on any atom is -0.396 e. The van der Waals surface area contributed by atoms with Crippen molar-refractivity contribution in [2.75, 3.05) is 35.3 Å². The lowest BCUT2D eigenvalue weighted by molar-refractivity contribution is 0.282. The van der Waals surface area contributed by atoms with E-state index in [0.29, 0.717) is 17.8 Å². The number of nitrogen functional groups attached to an aromatic ring is 1. The zero-order valence-corrected chi connectivity index (χ0v) is 11.8. The zero-order valence-electron chi connectivity index (χ0n) is 11.8. The number of anilines is 3. The average Bonchev–Trinajstić information content (AvgIpc) is 2.99. The number of hydrazine groups is 1. The predicted molar refractivity (Wildman–Crippen MR) is 78.5 cm³/mol. The van der Waals surface area contributed by atoms with Crippen LogP contribution in [0, 0.1) is 0 Å². The van der Waals surface area contributed by atoms with Crippen LogP contribution in [0.2, 0.25) is 0 Å². The molecular formula is C12H23N7O.